The number of hydrogen-bond donors (Lipinski definition) is 0. The highest BCUT2D eigenvalue weighted by atomic mass is 35.5. The van der Waals surface area contributed by atoms with Crippen molar-refractivity contribution in [2.75, 3.05) is 19.6 Å². The third-order valence-corrected chi connectivity index (χ3v) is 3.21. The van der Waals surface area contributed by atoms with Crippen LogP contribution in [0, 0.1) is 5.82 Å². The number of likely N-dealkylation sites (tertiary alicyclic amines) is 1. The van der Waals surface area contributed by atoms with Crippen LogP contribution in [0.5, 0.6) is 0 Å². The van der Waals surface area contributed by atoms with Gasteiger partial charge in [0.15, 0.2) is 0 Å². The fourth-order valence-electron chi connectivity index (χ4n) is 1.99. The Morgan fingerprint density at radius 2 is 2.00 bits per heavy atom. The van der Waals surface area contributed by atoms with E-state index in [9.17, 15) is 4.39 Å². The summed E-state index contributed by atoms with van der Waals surface area (Å²) in [7, 11) is 0. The van der Waals surface area contributed by atoms with E-state index in [2.05, 4.69) is 4.90 Å². The molecule has 0 spiro atoms. The largest absolute Gasteiger partial charge is 0.303 e. The van der Waals surface area contributed by atoms with Crippen molar-refractivity contribution in [1.29, 1.82) is 0 Å². The molecule has 1 aromatic carbocycles. The Hall–Kier alpha value is -0.600. The summed E-state index contributed by atoms with van der Waals surface area (Å²) in [6.45, 7) is 3.41. The summed E-state index contributed by atoms with van der Waals surface area (Å²) >= 11 is 5.62. The van der Waals surface area contributed by atoms with Gasteiger partial charge in [0, 0.05) is 6.54 Å². The van der Waals surface area contributed by atoms with E-state index < -0.39 is 0 Å². The summed E-state index contributed by atoms with van der Waals surface area (Å²) in [5.41, 5.74) is 1.03. The summed E-state index contributed by atoms with van der Waals surface area (Å²) < 4.78 is 13.1. The number of benzene rings is 1. The van der Waals surface area contributed by atoms with Crippen molar-refractivity contribution >= 4 is 11.6 Å². The van der Waals surface area contributed by atoms with Gasteiger partial charge in [-0.2, -0.15) is 0 Å². The maximum Gasteiger partial charge on any atom is 0.142 e. The van der Waals surface area contributed by atoms with Crippen LogP contribution in [0.4, 0.5) is 4.39 Å². The normalized spacial score (nSPS) is 17.2. The van der Waals surface area contributed by atoms with Gasteiger partial charge in [-0.1, -0.05) is 17.7 Å². The summed E-state index contributed by atoms with van der Waals surface area (Å²) in [5.74, 6) is -0.310. The molecule has 15 heavy (non-hydrogen) atoms. The molecule has 0 amide bonds. The number of hydrogen-bond acceptors (Lipinski definition) is 1. The van der Waals surface area contributed by atoms with E-state index in [1.54, 1.807) is 12.1 Å². The molecule has 0 bridgehead atoms. The van der Waals surface area contributed by atoms with Crippen molar-refractivity contribution < 1.29 is 4.39 Å². The quantitative estimate of drug-likeness (QED) is 0.767. The second kappa shape index (κ2) is 4.95. The van der Waals surface area contributed by atoms with Gasteiger partial charge in [0.05, 0.1) is 5.02 Å². The zero-order chi connectivity index (χ0) is 10.7. The third kappa shape index (κ3) is 2.93. The van der Waals surface area contributed by atoms with E-state index in [0.717, 1.165) is 18.5 Å². The van der Waals surface area contributed by atoms with Crippen LogP contribution < -0.4 is 0 Å². The highest BCUT2D eigenvalue weighted by Gasteiger charge is 2.11. The molecular weight excluding hydrogens is 213 g/mol. The van der Waals surface area contributed by atoms with Crippen molar-refractivity contribution in [2.45, 2.75) is 19.3 Å². The fourth-order valence-corrected chi connectivity index (χ4v) is 2.11. The van der Waals surface area contributed by atoms with Gasteiger partial charge in [-0.3, -0.25) is 0 Å². The lowest BCUT2D eigenvalue weighted by atomic mass is 10.1. The Bertz CT molecular complexity index is 334. The highest BCUT2D eigenvalue weighted by Crippen LogP contribution is 2.16. The SMILES string of the molecule is Fc1cc(CCN2CCCC2)ccc1Cl. The molecule has 0 saturated carbocycles. The zero-order valence-corrected chi connectivity index (χ0v) is 9.43. The maximum absolute atomic E-state index is 13.1. The van der Waals surface area contributed by atoms with Gasteiger partial charge >= 0.3 is 0 Å². The van der Waals surface area contributed by atoms with Gasteiger partial charge in [0.2, 0.25) is 0 Å². The molecule has 1 aromatic rings. The molecule has 82 valence electrons. The number of nitrogens with zero attached hydrogens (tertiary/aromatic N) is 1. The average molecular weight is 228 g/mol. The van der Waals surface area contributed by atoms with Crippen LogP contribution in [-0.2, 0) is 6.42 Å². The van der Waals surface area contributed by atoms with Crippen molar-refractivity contribution in [2.24, 2.45) is 0 Å². The average Bonchev–Trinajstić information content (AvgIpc) is 2.73. The van der Waals surface area contributed by atoms with Crippen LogP contribution in [0.25, 0.3) is 0 Å². The van der Waals surface area contributed by atoms with Crippen LogP contribution in [0.2, 0.25) is 5.02 Å². The third-order valence-electron chi connectivity index (χ3n) is 2.90. The molecular formula is C12H15ClFN. The Labute approximate surface area is 94.8 Å². The first-order chi connectivity index (χ1) is 7.25. The van der Waals surface area contributed by atoms with Crippen molar-refractivity contribution in [3.63, 3.8) is 0 Å². The lowest BCUT2D eigenvalue weighted by Gasteiger charge is -2.14. The summed E-state index contributed by atoms with van der Waals surface area (Å²) in [6.07, 6.45) is 3.51. The minimum absolute atomic E-state index is 0.208. The monoisotopic (exact) mass is 227 g/mol. The van der Waals surface area contributed by atoms with Gasteiger partial charge in [-0.25, -0.2) is 4.39 Å². The molecule has 1 nitrogen and oxygen atoms in total. The molecule has 0 unspecified atom stereocenters. The Morgan fingerprint density at radius 3 is 2.67 bits per heavy atom. The predicted octanol–water partition coefficient (Wildman–Crippen LogP) is 3.12. The summed E-state index contributed by atoms with van der Waals surface area (Å²) in [5, 5.41) is 0.208. The minimum atomic E-state index is -0.310. The fraction of sp³-hybridized carbons (Fsp3) is 0.500. The van der Waals surface area contributed by atoms with E-state index in [-0.39, 0.29) is 10.8 Å². The second-order valence-electron chi connectivity index (χ2n) is 4.05. The van der Waals surface area contributed by atoms with Gasteiger partial charge < -0.3 is 4.90 Å². The number of halogens is 2. The molecule has 1 aliphatic heterocycles. The summed E-state index contributed by atoms with van der Waals surface area (Å²) in [6, 6.07) is 5.08. The van der Waals surface area contributed by atoms with E-state index in [4.69, 9.17) is 11.6 Å². The van der Waals surface area contributed by atoms with Crippen LogP contribution in [-0.4, -0.2) is 24.5 Å². The van der Waals surface area contributed by atoms with E-state index >= 15 is 0 Å². The molecule has 0 atom stereocenters. The van der Waals surface area contributed by atoms with Crippen molar-refractivity contribution in [1.82, 2.24) is 4.90 Å². The van der Waals surface area contributed by atoms with Crippen LogP contribution in [0.1, 0.15) is 18.4 Å². The van der Waals surface area contributed by atoms with Crippen LogP contribution in [0.15, 0.2) is 18.2 Å². The zero-order valence-electron chi connectivity index (χ0n) is 8.68. The van der Waals surface area contributed by atoms with E-state index in [1.807, 2.05) is 6.07 Å². The molecule has 1 heterocycles. The van der Waals surface area contributed by atoms with Gasteiger partial charge in [-0.05, 0) is 50.0 Å². The lowest BCUT2D eigenvalue weighted by molar-refractivity contribution is 0.343. The second-order valence-corrected chi connectivity index (χ2v) is 4.45. The van der Waals surface area contributed by atoms with Crippen molar-refractivity contribution in [3.05, 3.63) is 34.6 Å². The molecule has 1 fully saturated rings. The highest BCUT2D eigenvalue weighted by molar-refractivity contribution is 6.30. The Kier molecular flexibility index (Phi) is 3.60. The van der Waals surface area contributed by atoms with Gasteiger partial charge in [0.25, 0.3) is 0 Å². The van der Waals surface area contributed by atoms with Gasteiger partial charge in [0.1, 0.15) is 5.82 Å². The first kappa shape index (κ1) is 10.9. The molecule has 0 N–H and O–H groups in total. The topological polar surface area (TPSA) is 3.24 Å². The summed E-state index contributed by atoms with van der Waals surface area (Å²) in [4.78, 5) is 2.42. The van der Waals surface area contributed by atoms with Crippen LogP contribution in [0.3, 0.4) is 0 Å². The molecule has 2 rings (SSSR count). The standard InChI is InChI=1S/C12H15ClFN/c13-11-4-3-10(9-12(11)14)5-8-15-6-1-2-7-15/h3-4,9H,1-2,5-8H2. The molecule has 0 radical (unpaired) electrons. The van der Waals surface area contributed by atoms with Crippen LogP contribution >= 0.6 is 11.6 Å². The predicted molar refractivity (Wildman–Crippen MR) is 60.8 cm³/mol. The smallest absolute Gasteiger partial charge is 0.142 e. The van der Waals surface area contributed by atoms with E-state index in [0.29, 0.717) is 0 Å². The molecule has 1 aliphatic rings. The minimum Gasteiger partial charge on any atom is -0.303 e. The molecule has 0 aromatic heterocycles. The first-order valence-electron chi connectivity index (χ1n) is 5.42. The molecule has 1 saturated heterocycles. The molecule has 3 heteroatoms. The number of rotatable bonds is 3. The molecule has 0 aliphatic carbocycles. The lowest BCUT2D eigenvalue weighted by Crippen LogP contribution is -2.21. The van der Waals surface area contributed by atoms with Gasteiger partial charge in [-0.15, -0.1) is 0 Å². The van der Waals surface area contributed by atoms with E-state index in [1.165, 1.54) is 25.9 Å². The maximum atomic E-state index is 13.1. The van der Waals surface area contributed by atoms with Crippen molar-refractivity contribution in [3.8, 4) is 0 Å². The Balaban J connectivity index is 1.90. The Morgan fingerprint density at radius 1 is 1.27 bits per heavy atom. The first-order valence-corrected chi connectivity index (χ1v) is 5.80.